The second-order valence-corrected chi connectivity index (χ2v) is 9.45. The van der Waals surface area contributed by atoms with E-state index >= 15 is 0 Å². The van der Waals surface area contributed by atoms with Crippen LogP contribution in [0.2, 0.25) is 0 Å². The summed E-state index contributed by atoms with van der Waals surface area (Å²) in [4.78, 5) is 28.2. The van der Waals surface area contributed by atoms with Gasteiger partial charge in [-0.25, -0.2) is 0 Å². The minimum absolute atomic E-state index is 0.0473. The molecule has 156 valence electrons. The smallest absolute Gasteiger partial charge is 0.258 e. The molecule has 0 bridgehead atoms. The van der Waals surface area contributed by atoms with Crippen LogP contribution in [0.1, 0.15) is 40.2 Å². The van der Waals surface area contributed by atoms with E-state index in [0.717, 1.165) is 39.7 Å². The van der Waals surface area contributed by atoms with E-state index in [9.17, 15) is 9.59 Å². The van der Waals surface area contributed by atoms with Crippen LogP contribution in [0.3, 0.4) is 0 Å². The van der Waals surface area contributed by atoms with Crippen molar-refractivity contribution in [2.24, 2.45) is 0 Å². The SMILES string of the molecule is CCN(Cc1cccc(NC(=O)c2c(-n3cccc3)sc3c2CCSC3)c1)C(C)=O. The van der Waals surface area contributed by atoms with Crippen LogP contribution in [0, 0.1) is 0 Å². The molecule has 1 aliphatic heterocycles. The van der Waals surface area contributed by atoms with E-state index in [1.807, 2.05) is 72.0 Å². The van der Waals surface area contributed by atoms with Crippen molar-refractivity contribution in [1.82, 2.24) is 9.47 Å². The van der Waals surface area contributed by atoms with E-state index in [4.69, 9.17) is 0 Å². The minimum Gasteiger partial charge on any atom is -0.339 e. The molecule has 0 fully saturated rings. The first-order valence-electron chi connectivity index (χ1n) is 10.1. The van der Waals surface area contributed by atoms with Crippen LogP contribution >= 0.6 is 23.1 Å². The monoisotopic (exact) mass is 439 g/mol. The van der Waals surface area contributed by atoms with Gasteiger partial charge in [-0.15, -0.1) is 11.3 Å². The molecule has 2 amide bonds. The third-order valence-electron chi connectivity index (χ3n) is 5.25. The van der Waals surface area contributed by atoms with Gasteiger partial charge in [-0.1, -0.05) is 12.1 Å². The van der Waals surface area contributed by atoms with Gasteiger partial charge in [0.2, 0.25) is 5.91 Å². The number of nitrogens with zero attached hydrogens (tertiary/aromatic N) is 2. The average Bonchev–Trinajstić information content (AvgIpc) is 3.39. The predicted octanol–water partition coefficient (Wildman–Crippen LogP) is 4.95. The van der Waals surface area contributed by atoms with Gasteiger partial charge >= 0.3 is 0 Å². The van der Waals surface area contributed by atoms with E-state index in [1.54, 1.807) is 23.2 Å². The second-order valence-electron chi connectivity index (χ2n) is 7.26. The van der Waals surface area contributed by atoms with Crippen molar-refractivity contribution in [3.05, 3.63) is 70.4 Å². The molecule has 4 rings (SSSR count). The molecule has 2 aromatic heterocycles. The largest absolute Gasteiger partial charge is 0.339 e. The lowest BCUT2D eigenvalue weighted by Gasteiger charge is -2.19. The van der Waals surface area contributed by atoms with E-state index in [2.05, 4.69) is 5.32 Å². The molecule has 0 saturated heterocycles. The van der Waals surface area contributed by atoms with E-state index in [-0.39, 0.29) is 11.8 Å². The van der Waals surface area contributed by atoms with Gasteiger partial charge < -0.3 is 14.8 Å². The van der Waals surface area contributed by atoms with Gasteiger partial charge in [0.25, 0.3) is 5.91 Å². The molecule has 3 heterocycles. The van der Waals surface area contributed by atoms with E-state index in [0.29, 0.717) is 13.1 Å². The molecular weight excluding hydrogens is 414 g/mol. The molecule has 1 aliphatic rings. The molecule has 5 nitrogen and oxygen atoms in total. The predicted molar refractivity (Wildman–Crippen MR) is 125 cm³/mol. The number of anilines is 1. The number of thiophene rings is 1. The Hall–Kier alpha value is -2.51. The Labute approximate surface area is 185 Å². The Balaban J connectivity index is 1.61. The molecule has 0 spiro atoms. The van der Waals surface area contributed by atoms with Crippen molar-refractivity contribution < 1.29 is 9.59 Å². The lowest BCUT2D eigenvalue weighted by atomic mass is 10.1. The highest BCUT2D eigenvalue weighted by Crippen LogP contribution is 2.38. The van der Waals surface area contributed by atoms with E-state index in [1.165, 1.54) is 10.4 Å². The van der Waals surface area contributed by atoms with Crippen molar-refractivity contribution in [3.8, 4) is 5.00 Å². The molecular formula is C23H25N3O2S2. The summed E-state index contributed by atoms with van der Waals surface area (Å²) in [6.07, 6.45) is 4.90. The zero-order chi connectivity index (χ0) is 21.1. The number of benzene rings is 1. The van der Waals surface area contributed by atoms with Crippen LogP contribution in [-0.2, 0) is 23.5 Å². The van der Waals surface area contributed by atoms with Crippen molar-refractivity contribution in [2.75, 3.05) is 17.6 Å². The summed E-state index contributed by atoms with van der Waals surface area (Å²) in [6, 6.07) is 11.7. The second kappa shape index (κ2) is 9.10. The first-order valence-corrected chi connectivity index (χ1v) is 12.1. The Morgan fingerprint density at radius 1 is 1.20 bits per heavy atom. The van der Waals surface area contributed by atoms with Crippen LogP contribution < -0.4 is 5.32 Å². The molecule has 1 N–H and O–H groups in total. The number of rotatable bonds is 6. The Bertz CT molecular complexity index is 1060. The summed E-state index contributed by atoms with van der Waals surface area (Å²) in [5, 5.41) is 4.08. The van der Waals surface area contributed by atoms with Crippen LogP contribution in [-0.4, -0.2) is 33.6 Å². The number of nitrogens with one attached hydrogen (secondary N) is 1. The molecule has 7 heteroatoms. The number of carbonyl (C=O) groups is 2. The zero-order valence-corrected chi connectivity index (χ0v) is 18.8. The van der Waals surface area contributed by atoms with Gasteiger partial charge in [-0.05, 0) is 54.5 Å². The molecule has 0 radical (unpaired) electrons. The lowest BCUT2D eigenvalue weighted by molar-refractivity contribution is -0.129. The minimum atomic E-state index is -0.0702. The molecule has 30 heavy (non-hydrogen) atoms. The van der Waals surface area contributed by atoms with Crippen molar-refractivity contribution in [2.45, 2.75) is 32.6 Å². The standard InChI is InChI=1S/C23H25N3O2S2/c1-3-25(16(2)27)14-17-7-6-8-18(13-17)24-22(28)21-19-9-12-29-15-20(19)30-23(21)26-10-4-5-11-26/h4-8,10-11,13H,3,9,12,14-15H2,1-2H3,(H,24,28). The fourth-order valence-corrected chi connectivity index (χ4v) is 6.15. The van der Waals surface area contributed by atoms with Gasteiger partial charge in [0.15, 0.2) is 0 Å². The zero-order valence-electron chi connectivity index (χ0n) is 17.2. The highest BCUT2D eigenvalue weighted by atomic mass is 32.2. The number of carbonyl (C=O) groups excluding carboxylic acids is 2. The van der Waals surface area contributed by atoms with Gasteiger partial charge in [-0.3, -0.25) is 9.59 Å². The first kappa shape index (κ1) is 20.8. The molecule has 0 aliphatic carbocycles. The fraction of sp³-hybridized carbons (Fsp3) is 0.304. The molecule has 0 saturated carbocycles. The maximum atomic E-state index is 13.4. The highest BCUT2D eigenvalue weighted by molar-refractivity contribution is 7.98. The van der Waals surface area contributed by atoms with Gasteiger partial charge in [0.1, 0.15) is 5.00 Å². The quantitative estimate of drug-likeness (QED) is 0.591. The Morgan fingerprint density at radius 2 is 2.00 bits per heavy atom. The Morgan fingerprint density at radius 3 is 2.73 bits per heavy atom. The number of hydrogen-bond donors (Lipinski definition) is 1. The number of fused-ring (bicyclic) bond motifs is 1. The maximum absolute atomic E-state index is 13.4. The first-order chi connectivity index (χ1) is 14.6. The highest BCUT2D eigenvalue weighted by Gasteiger charge is 2.26. The summed E-state index contributed by atoms with van der Waals surface area (Å²) >= 11 is 3.64. The molecule has 3 aromatic rings. The lowest BCUT2D eigenvalue weighted by Crippen LogP contribution is -2.27. The third-order valence-corrected chi connectivity index (χ3v) is 7.67. The summed E-state index contributed by atoms with van der Waals surface area (Å²) < 4.78 is 2.03. The van der Waals surface area contributed by atoms with Gasteiger partial charge in [0, 0.05) is 48.7 Å². The third kappa shape index (κ3) is 4.32. The summed E-state index contributed by atoms with van der Waals surface area (Å²) in [5.41, 5.74) is 3.72. The number of hydrogen-bond acceptors (Lipinski definition) is 4. The summed E-state index contributed by atoms with van der Waals surface area (Å²) in [7, 11) is 0. The number of amides is 2. The van der Waals surface area contributed by atoms with Gasteiger partial charge in [0.05, 0.1) is 5.56 Å². The molecule has 0 unspecified atom stereocenters. The average molecular weight is 440 g/mol. The topological polar surface area (TPSA) is 54.3 Å². The summed E-state index contributed by atoms with van der Waals surface area (Å²) in [6.45, 7) is 4.74. The van der Waals surface area contributed by atoms with E-state index < -0.39 is 0 Å². The normalized spacial score (nSPS) is 13.0. The van der Waals surface area contributed by atoms with Crippen molar-refractivity contribution in [1.29, 1.82) is 0 Å². The van der Waals surface area contributed by atoms with Crippen LogP contribution in [0.25, 0.3) is 5.00 Å². The van der Waals surface area contributed by atoms with Crippen molar-refractivity contribution >= 4 is 40.6 Å². The maximum Gasteiger partial charge on any atom is 0.258 e. The fourth-order valence-electron chi connectivity index (χ4n) is 3.71. The van der Waals surface area contributed by atoms with Crippen molar-refractivity contribution in [3.63, 3.8) is 0 Å². The Kier molecular flexibility index (Phi) is 6.29. The summed E-state index contributed by atoms with van der Waals surface area (Å²) in [5.74, 6) is 1.99. The molecule has 0 atom stereocenters. The number of thioether (sulfide) groups is 1. The van der Waals surface area contributed by atoms with Gasteiger partial charge in [-0.2, -0.15) is 11.8 Å². The van der Waals surface area contributed by atoms with Crippen LogP contribution in [0.4, 0.5) is 5.69 Å². The van der Waals surface area contributed by atoms with Crippen LogP contribution in [0.15, 0.2) is 48.8 Å². The number of aromatic nitrogens is 1. The van der Waals surface area contributed by atoms with Crippen LogP contribution in [0.5, 0.6) is 0 Å². The molecule has 1 aromatic carbocycles.